The Kier molecular flexibility index (Phi) is 4.95. The molecule has 0 aliphatic heterocycles. The Morgan fingerprint density at radius 3 is 2.80 bits per heavy atom. The van der Waals surface area contributed by atoms with Crippen LogP contribution in [-0.4, -0.2) is 19.9 Å². The van der Waals surface area contributed by atoms with Gasteiger partial charge in [-0.2, -0.15) is 0 Å². The summed E-state index contributed by atoms with van der Waals surface area (Å²) in [4.78, 5) is 4.83. The van der Waals surface area contributed by atoms with Crippen molar-refractivity contribution in [2.24, 2.45) is 5.84 Å². The number of anilines is 1. The van der Waals surface area contributed by atoms with Crippen molar-refractivity contribution in [1.82, 2.24) is 9.71 Å². The number of pyridine rings is 1. The third-order valence-corrected chi connectivity index (χ3v) is 5.30. The van der Waals surface area contributed by atoms with Crippen LogP contribution in [0, 0.1) is 0 Å². The van der Waals surface area contributed by atoms with Crippen molar-refractivity contribution in [2.75, 3.05) is 12.0 Å². The molecule has 0 saturated carbocycles. The quantitative estimate of drug-likeness (QED) is 0.551. The first-order chi connectivity index (χ1) is 9.53. The van der Waals surface area contributed by atoms with Gasteiger partial charge in [0.2, 0.25) is 10.0 Å². The molecule has 0 aromatic carbocycles. The molecular formula is C11H13ClN4O2S2. The zero-order chi connectivity index (χ0) is 14.6. The normalized spacial score (nSPS) is 11.5. The number of thiophene rings is 1. The van der Waals surface area contributed by atoms with Gasteiger partial charge in [0.1, 0.15) is 4.90 Å². The molecule has 0 aliphatic rings. The van der Waals surface area contributed by atoms with Crippen LogP contribution in [0.25, 0.3) is 0 Å². The van der Waals surface area contributed by atoms with Crippen molar-refractivity contribution in [3.63, 3.8) is 0 Å². The molecule has 0 aliphatic carbocycles. The molecule has 6 nitrogen and oxygen atoms in total. The van der Waals surface area contributed by atoms with E-state index < -0.39 is 10.0 Å². The van der Waals surface area contributed by atoms with Crippen LogP contribution in [0.3, 0.4) is 0 Å². The third kappa shape index (κ3) is 3.68. The first kappa shape index (κ1) is 15.2. The number of sulfonamides is 1. The van der Waals surface area contributed by atoms with Gasteiger partial charge in [0, 0.05) is 23.8 Å². The fourth-order valence-electron chi connectivity index (χ4n) is 1.59. The summed E-state index contributed by atoms with van der Waals surface area (Å²) in [6.45, 7) is 0.276. The molecule has 2 aromatic rings. The van der Waals surface area contributed by atoms with Crippen LogP contribution in [0.4, 0.5) is 5.69 Å². The number of hydrogen-bond donors (Lipinski definition) is 3. The molecular weight excluding hydrogens is 320 g/mol. The van der Waals surface area contributed by atoms with Crippen LogP contribution in [0.5, 0.6) is 0 Å². The molecule has 0 atom stereocenters. The van der Waals surface area contributed by atoms with E-state index in [9.17, 15) is 8.42 Å². The van der Waals surface area contributed by atoms with Gasteiger partial charge in [0.15, 0.2) is 0 Å². The Labute approximate surface area is 126 Å². The maximum absolute atomic E-state index is 12.1. The molecule has 0 bridgehead atoms. The van der Waals surface area contributed by atoms with E-state index >= 15 is 0 Å². The number of rotatable bonds is 6. The van der Waals surface area contributed by atoms with Crippen molar-refractivity contribution in [3.05, 3.63) is 39.8 Å². The smallest absolute Gasteiger partial charge is 0.244 e. The topological polar surface area (TPSA) is 97.1 Å². The largest absolute Gasteiger partial charge is 0.323 e. The van der Waals surface area contributed by atoms with Crippen molar-refractivity contribution >= 4 is 38.6 Å². The van der Waals surface area contributed by atoms with Crippen molar-refractivity contribution in [2.45, 2.75) is 11.3 Å². The average Bonchev–Trinajstić information content (AvgIpc) is 2.84. The van der Waals surface area contributed by atoms with Crippen molar-refractivity contribution in [1.29, 1.82) is 0 Å². The molecule has 20 heavy (non-hydrogen) atoms. The monoisotopic (exact) mass is 332 g/mol. The predicted molar refractivity (Wildman–Crippen MR) is 80.3 cm³/mol. The Balaban J connectivity index is 2.04. The summed E-state index contributed by atoms with van der Waals surface area (Å²) in [5.41, 5.74) is 2.64. The SMILES string of the molecule is NNc1ccncc1S(=O)(=O)NCCc1ccc(Cl)s1. The van der Waals surface area contributed by atoms with Gasteiger partial charge in [-0.3, -0.25) is 10.8 Å². The minimum atomic E-state index is -3.65. The Morgan fingerprint density at radius 1 is 1.35 bits per heavy atom. The fraction of sp³-hybridized carbons (Fsp3) is 0.182. The minimum absolute atomic E-state index is 0.0201. The van der Waals surface area contributed by atoms with Crippen LogP contribution in [-0.2, 0) is 16.4 Å². The number of nitrogen functional groups attached to an aromatic ring is 1. The van der Waals surface area contributed by atoms with E-state index in [2.05, 4.69) is 15.1 Å². The molecule has 108 valence electrons. The second-order valence-electron chi connectivity index (χ2n) is 3.87. The minimum Gasteiger partial charge on any atom is -0.323 e. The highest BCUT2D eigenvalue weighted by atomic mass is 35.5. The number of nitrogens with two attached hydrogens (primary N) is 1. The van der Waals surface area contributed by atoms with Crippen molar-refractivity contribution < 1.29 is 8.42 Å². The van der Waals surface area contributed by atoms with E-state index in [0.29, 0.717) is 16.4 Å². The molecule has 9 heteroatoms. The molecule has 0 spiro atoms. The standard InChI is InChI=1S/C11H13ClN4O2S2/c12-11-2-1-8(19-11)3-6-15-20(17,18)10-7-14-5-4-9(10)16-13/h1-2,4-5,7,15H,3,6,13H2,(H,14,16). The highest BCUT2D eigenvalue weighted by Gasteiger charge is 2.18. The maximum atomic E-state index is 12.1. The third-order valence-electron chi connectivity index (χ3n) is 2.52. The lowest BCUT2D eigenvalue weighted by molar-refractivity contribution is 0.581. The Morgan fingerprint density at radius 2 is 2.15 bits per heavy atom. The van der Waals surface area contributed by atoms with Gasteiger partial charge >= 0.3 is 0 Å². The number of hydrogen-bond acceptors (Lipinski definition) is 6. The molecule has 2 rings (SSSR count). The van der Waals surface area contributed by atoms with Crippen LogP contribution < -0.4 is 16.0 Å². The summed E-state index contributed by atoms with van der Waals surface area (Å²) in [5.74, 6) is 5.29. The molecule has 0 amide bonds. The summed E-state index contributed by atoms with van der Waals surface area (Å²) in [7, 11) is -3.65. The molecule has 4 N–H and O–H groups in total. The summed E-state index contributed by atoms with van der Waals surface area (Å²) >= 11 is 7.24. The van der Waals surface area contributed by atoms with Crippen LogP contribution in [0.1, 0.15) is 4.88 Å². The van der Waals surface area contributed by atoms with E-state index in [1.54, 1.807) is 6.07 Å². The van der Waals surface area contributed by atoms with Crippen molar-refractivity contribution in [3.8, 4) is 0 Å². The average molecular weight is 333 g/mol. The number of hydrazine groups is 1. The Hall–Kier alpha value is -1.19. The predicted octanol–water partition coefficient (Wildman–Crippen LogP) is 1.60. The zero-order valence-corrected chi connectivity index (χ0v) is 12.7. The highest BCUT2D eigenvalue weighted by Crippen LogP contribution is 2.22. The molecule has 0 fully saturated rings. The maximum Gasteiger partial charge on any atom is 0.244 e. The first-order valence-corrected chi connectivity index (χ1v) is 8.35. The summed E-state index contributed by atoms with van der Waals surface area (Å²) in [6.07, 6.45) is 3.28. The molecule has 0 unspecified atom stereocenters. The van der Waals surface area contributed by atoms with Crippen LogP contribution in [0.2, 0.25) is 4.34 Å². The first-order valence-electron chi connectivity index (χ1n) is 5.67. The van der Waals surface area contributed by atoms with E-state index in [1.165, 1.54) is 29.8 Å². The Bertz CT molecular complexity index is 687. The van der Waals surface area contributed by atoms with Gasteiger partial charge in [0.25, 0.3) is 0 Å². The summed E-state index contributed by atoms with van der Waals surface area (Å²) < 4.78 is 27.5. The van der Waals surface area contributed by atoms with Gasteiger partial charge in [-0.15, -0.1) is 11.3 Å². The second kappa shape index (κ2) is 6.51. The fourth-order valence-corrected chi connectivity index (χ4v) is 3.82. The van der Waals surface area contributed by atoms with Gasteiger partial charge in [0.05, 0.1) is 10.0 Å². The lowest BCUT2D eigenvalue weighted by atomic mass is 10.3. The number of nitrogens with zero attached hydrogens (tertiary/aromatic N) is 1. The number of nitrogens with one attached hydrogen (secondary N) is 2. The van der Waals surface area contributed by atoms with E-state index in [0.717, 1.165) is 4.88 Å². The zero-order valence-electron chi connectivity index (χ0n) is 10.3. The highest BCUT2D eigenvalue weighted by molar-refractivity contribution is 7.89. The van der Waals surface area contributed by atoms with Crippen LogP contribution >= 0.6 is 22.9 Å². The molecule has 0 radical (unpaired) electrons. The van der Waals surface area contributed by atoms with Gasteiger partial charge in [-0.05, 0) is 24.6 Å². The molecule has 0 saturated heterocycles. The number of halogens is 1. The van der Waals surface area contributed by atoms with Crippen LogP contribution in [0.15, 0.2) is 35.5 Å². The number of aromatic nitrogens is 1. The second-order valence-corrected chi connectivity index (χ2v) is 7.40. The van der Waals surface area contributed by atoms with E-state index in [4.69, 9.17) is 17.4 Å². The summed E-state index contributed by atoms with van der Waals surface area (Å²) in [6, 6.07) is 5.15. The van der Waals surface area contributed by atoms with E-state index in [1.807, 2.05) is 6.07 Å². The van der Waals surface area contributed by atoms with Gasteiger partial charge in [-0.25, -0.2) is 13.1 Å². The van der Waals surface area contributed by atoms with Gasteiger partial charge in [-0.1, -0.05) is 11.6 Å². The lowest BCUT2D eigenvalue weighted by Gasteiger charge is -2.09. The lowest BCUT2D eigenvalue weighted by Crippen LogP contribution is -2.27. The van der Waals surface area contributed by atoms with Gasteiger partial charge < -0.3 is 5.43 Å². The van der Waals surface area contributed by atoms with E-state index in [-0.39, 0.29) is 11.4 Å². The summed E-state index contributed by atoms with van der Waals surface area (Å²) in [5, 5.41) is 0. The molecule has 2 aromatic heterocycles. The molecule has 2 heterocycles.